The Bertz CT molecular complexity index is 1540. The fourth-order valence-electron chi connectivity index (χ4n) is 8.93. The quantitative estimate of drug-likeness (QED) is 0.103. The summed E-state index contributed by atoms with van der Waals surface area (Å²) >= 11 is 0. The van der Waals surface area contributed by atoms with Crippen molar-refractivity contribution in [2.75, 3.05) is 40.3 Å². The molecular formula is C35H48N6O8. The molecule has 0 aromatic heterocycles. The molecule has 0 unspecified atom stereocenters. The van der Waals surface area contributed by atoms with Gasteiger partial charge in [-0.25, -0.2) is 4.79 Å². The molecular weight excluding hydrogens is 632 g/mol. The number of likely N-dealkylation sites (N-methyl/N-ethyl adjacent to an activating group) is 1. The Hall–Kier alpha value is -4.33. The van der Waals surface area contributed by atoms with Crippen LogP contribution >= 0.6 is 0 Å². The highest BCUT2D eigenvalue weighted by atomic mass is 16.6. The topological polar surface area (TPSA) is 199 Å². The number of methoxy groups -OCH3 is 1. The van der Waals surface area contributed by atoms with Crippen molar-refractivity contribution < 1.29 is 38.5 Å². The van der Waals surface area contributed by atoms with Gasteiger partial charge in [-0.2, -0.15) is 0 Å². The van der Waals surface area contributed by atoms with Crippen LogP contribution in [-0.2, 0) is 31.0 Å². The van der Waals surface area contributed by atoms with Gasteiger partial charge in [-0.15, -0.1) is 0 Å². The van der Waals surface area contributed by atoms with E-state index in [1.54, 1.807) is 12.0 Å². The van der Waals surface area contributed by atoms with Gasteiger partial charge in [0.2, 0.25) is 5.91 Å². The minimum atomic E-state index is -1.24. The molecule has 2 fully saturated rings. The minimum Gasteiger partial charge on any atom is -0.493 e. The number of piperidine rings is 2. The van der Waals surface area contributed by atoms with Crippen molar-refractivity contribution in [3.05, 3.63) is 35.1 Å². The number of amides is 2. The van der Waals surface area contributed by atoms with Gasteiger partial charge in [0.15, 0.2) is 23.6 Å². The molecule has 6 atom stereocenters. The summed E-state index contributed by atoms with van der Waals surface area (Å²) in [5.74, 6) is -0.664. The number of carboxylic acid groups (broad SMARTS) is 1. The van der Waals surface area contributed by atoms with Crippen molar-refractivity contribution in [1.82, 2.24) is 15.1 Å². The van der Waals surface area contributed by atoms with E-state index in [-0.39, 0.29) is 42.8 Å². The first-order valence-corrected chi connectivity index (χ1v) is 17.4. The Balaban J connectivity index is 1.15. The SMILES string of the molecule is COc1ccc2c3c1O[C@H]1C(OC(=O)N4CCCC[C@@H]4CNC(=O)[C@H](CCCN=C(N)N)CC(=O)CC(=O)O)=CC[C@H]4[C@@H](C2)N(C)CC[C@]314. The number of hydrogen-bond donors (Lipinski definition) is 4. The van der Waals surface area contributed by atoms with Crippen LogP contribution in [-0.4, -0.2) is 103 Å². The van der Waals surface area contributed by atoms with E-state index in [2.05, 4.69) is 28.3 Å². The molecule has 14 heteroatoms. The Morgan fingerprint density at radius 1 is 1.20 bits per heavy atom. The summed E-state index contributed by atoms with van der Waals surface area (Å²) in [7, 11) is 3.84. The predicted octanol–water partition coefficient (Wildman–Crippen LogP) is 2.07. The summed E-state index contributed by atoms with van der Waals surface area (Å²) in [6.45, 7) is 1.86. The Kier molecular flexibility index (Phi) is 10.0. The first-order valence-electron chi connectivity index (χ1n) is 17.4. The molecule has 14 nitrogen and oxygen atoms in total. The third-order valence-corrected chi connectivity index (χ3v) is 11.2. The van der Waals surface area contributed by atoms with Crippen LogP contribution in [0.1, 0.15) is 68.9 Å². The molecule has 5 aliphatic rings. The Labute approximate surface area is 286 Å². The van der Waals surface area contributed by atoms with Crippen LogP contribution in [0.4, 0.5) is 4.79 Å². The second kappa shape index (κ2) is 14.3. The zero-order valence-electron chi connectivity index (χ0n) is 28.3. The Morgan fingerprint density at radius 2 is 2.02 bits per heavy atom. The number of carboxylic acids is 1. The van der Waals surface area contributed by atoms with Gasteiger partial charge in [0.25, 0.3) is 0 Å². The molecule has 1 aromatic carbocycles. The highest BCUT2D eigenvalue weighted by molar-refractivity contribution is 5.96. The number of hydrogen-bond acceptors (Lipinski definition) is 9. The normalized spacial score (nSPS) is 27.1. The standard InChI is InChI=1S/C35H48N6O8/c1-40-15-12-35-24-9-11-27(31(35)49-30-26(47-2)10-8-20(29(30)35)17-25(24)40)48-34(46)41-14-4-3-7-22(41)19-39-32(45)21(6-5-13-38-33(36)37)16-23(42)18-28(43)44/h8,10-11,21-22,24-25,31H,3-7,9,12-19H2,1-2H3,(H,39,45)(H,43,44)(H4,36,37,38)/t21-,22-,24+,25-,31+,35+/m1/s1. The third kappa shape index (κ3) is 6.66. The Morgan fingerprint density at radius 3 is 2.78 bits per heavy atom. The number of nitrogens with one attached hydrogen (secondary N) is 1. The number of nitrogens with two attached hydrogens (primary N) is 2. The number of aliphatic imine (C=N–C) groups is 1. The molecule has 1 spiro atoms. The van der Waals surface area contributed by atoms with E-state index >= 15 is 0 Å². The van der Waals surface area contributed by atoms with Gasteiger partial charge >= 0.3 is 12.1 Å². The maximum atomic E-state index is 13.9. The molecule has 6 rings (SSSR count). The fraction of sp³-hybridized carbons (Fsp3) is 0.629. The van der Waals surface area contributed by atoms with E-state index < -0.39 is 36.3 Å². The average molecular weight is 681 g/mol. The van der Waals surface area contributed by atoms with E-state index in [4.69, 9.17) is 30.8 Å². The summed E-state index contributed by atoms with van der Waals surface area (Å²) in [6.07, 6.45) is 5.96. The van der Waals surface area contributed by atoms with Gasteiger partial charge in [0.05, 0.1) is 13.2 Å². The highest BCUT2D eigenvalue weighted by Crippen LogP contribution is 2.63. The average Bonchev–Trinajstić information content (AvgIpc) is 3.42. The number of Topliss-reactive ketones (excluding diaryl/α,β-unsaturated/α-hetero) is 1. The van der Waals surface area contributed by atoms with Gasteiger partial charge in [-0.1, -0.05) is 6.07 Å². The van der Waals surface area contributed by atoms with Gasteiger partial charge < -0.3 is 45.9 Å². The number of carbonyl (C=O) groups is 4. The molecule has 2 aliphatic carbocycles. The second-order valence-electron chi connectivity index (χ2n) is 14.0. The first-order chi connectivity index (χ1) is 23.5. The molecule has 3 aliphatic heterocycles. The molecule has 1 aromatic rings. The smallest absolute Gasteiger partial charge is 0.415 e. The lowest BCUT2D eigenvalue weighted by Crippen LogP contribution is -2.63. The van der Waals surface area contributed by atoms with Crippen molar-refractivity contribution >= 4 is 29.7 Å². The van der Waals surface area contributed by atoms with Crippen LogP contribution < -0.4 is 26.3 Å². The highest BCUT2D eigenvalue weighted by Gasteiger charge is 2.65. The predicted molar refractivity (Wildman–Crippen MR) is 179 cm³/mol. The van der Waals surface area contributed by atoms with Gasteiger partial charge in [0.1, 0.15) is 18.0 Å². The van der Waals surface area contributed by atoms with Crippen LogP contribution in [0.2, 0.25) is 0 Å². The minimum absolute atomic E-state index is 0.0709. The van der Waals surface area contributed by atoms with Crippen molar-refractivity contribution in [2.24, 2.45) is 28.3 Å². The number of benzene rings is 1. The van der Waals surface area contributed by atoms with Crippen molar-refractivity contribution in [2.45, 2.75) is 87.8 Å². The zero-order valence-corrected chi connectivity index (χ0v) is 28.3. The van der Waals surface area contributed by atoms with Crippen molar-refractivity contribution in [1.29, 1.82) is 0 Å². The second-order valence-corrected chi connectivity index (χ2v) is 14.0. The largest absolute Gasteiger partial charge is 0.493 e. The van der Waals surface area contributed by atoms with Gasteiger partial charge in [-0.3, -0.25) is 19.4 Å². The fourth-order valence-corrected chi connectivity index (χ4v) is 8.93. The number of ketones is 1. The van der Waals surface area contributed by atoms with Crippen LogP contribution in [0, 0.1) is 11.8 Å². The number of aliphatic carboxylic acids is 1. The number of nitrogens with zero attached hydrogens (tertiary/aromatic N) is 3. The molecule has 266 valence electrons. The van der Waals surface area contributed by atoms with Crippen LogP contribution in [0.5, 0.6) is 11.5 Å². The molecule has 3 heterocycles. The molecule has 49 heavy (non-hydrogen) atoms. The molecule has 0 radical (unpaired) electrons. The third-order valence-electron chi connectivity index (χ3n) is 11.2. The summed E-state index contributed by atoms with van der Waals surface area (Å²) in [6, 6.07) is 4.18. The summed E-state index contributed by atoms with van der Waals surface area (Å²) in [4.78, 5) is 58.7. The number of guanidine groups is 1. The lowest BCUT2D eigenvalue weighted by molar-refractivity contribution is -0.141. The number of ether oxygens (including phenoxy) is 3. The van der Waals surface area contributed by atoms with E-state index in [9.17, 15) is 19.2 Å². The first kappa shape index (κ1) is 34.5. The van der Waals surface area contributed by atoms with Crippen molar-refractivity contribution in [3.8, 4) is 11.5 Å². The van der Waals surface area contributed by atoms with Crippen LogP contribution in [0.3, 0.4) is 0 Å². The zero-order chi connectivity index (χ0) is 34.9. The maximum absolute atomic E-state index is 13.9. The van der Waals surface area contributed by atoms with Gasteiger partial charge in [0, 0.05) is 49.0 Å². The lowest BCUT2D eigenvalue weighted by Gasteiger charge is -2.56. The number of carbonyl (C=O) groups excluding carboxylic acids is 3. The molecule has 6 N–H and O–H groups in total. The lowest BCUT2D eigenvalue weighted by atomic mass is 9.53. The van der Waals surface area contributed by atoms with E-state index in [0.29, 0.717) is 49.3 Å². The van der Waals surface area contributed by atoms with Gasteiger partial charge in [-0.05, 0) is 88.6 Å². The van der Waals surface area contributed by atoms with E-state index in [1.165, 1.54) is 11.1 Å². The molecule has 0 saturated carbocycles. The summed E-state index contributed by atoms with van der Waals surface area (Å²) in [5.41, 5.74) is 13.0. The van der Waals surface area contributed by atoms with Crippen LogP contribution in [0.25, 0.3) is 0 Å². The molecule has 2 bridgehead atoms. The van der Waals surface area contributed by atoms with E-state index in [0.717, 1.165) is 44.4 Å². The number of likely N-dealkylation sites (tertiary alicyclic amines) is 2. The number of allylic oxidation sites excluding steroid dienone is 1. The summed E-state index contributed by atoms with van der Waals surface area (Å²) < 4.78 is 18.7. The molecule has 2 amide bonds. The maximum Gasteiger partial charge on any atom is 0.415 e. The molecule has 2 saturated heterocycles. The van der Waals surface area contributed by atoms with Crippen LogP contribution in [0.15, 0.2) is 29.0 Å². The van der Waals surface area contributed by atoms with E-state index in [1.807, 2.05) is 12.1 Å². The number of rotatable bonds is 13. The van der Waals surface area contributed by atoms with Crippen molar-refractivity contribution in [3.63, 3.8) is 0 Å². The summed E-state index contributed by atoms with van der Waals surface area (Å²) in [5, 5.41) is 12.0. The monoisotopic (exact) mass is 680 g/mol.